The number of hydrogen-bond donors (Lipinski definition) is 2. The van der Waals surface area contributed by atoms with Gasteiger partial charge in [-0.05, 0) is 31.0 Å². The Morgan fingerprint density at radius 2 is 1.70 bits per heavy atom. The highest BCUT2D eigenvalue weighted by atomic mass is 19.4. The van der Waals surface area contributed by atoms with Gasteiger partial charge < -0.3 is 10.2 Å². The van der Waals surface area contributed by atoms with Crippen LogP contribution in [0.25, 0.3) is 11.4 Å². The molecule has 0 radical (unpaired) electrons. The van der Waals surface area contributed by atoms with Crippen LogP contribution in [0.1, 0.15) is 40.4 Å². The van der Waals surface area contributed by atoms with Gasteiger partial charge in [-0.3, -0.25) is 9.59 Å². The number of nitrogens with zero attached hydrogens (tertiary/aromatic N) is 4. The van der Waals surface area contributed by atoms with Crippen LogP contribution in [0.15, 0.2) is 35.5 Å². The van der Waals surface area contributed by atoms with Crippen molar-refractivity contribution >= 4 is 11.6 Å². The number of carbonyl (C=O) groups excluding carboxylic acids is 1. The van der Waals surface area contributed by atoms with E-state index in [9.17, 15) is 44.7 Å². The third kappa shape index (κ3) is 6.20. The standard InChI is InChI=1S/C24H20F8N6O2/c1-11(36-18-9-35-37-21(39)19(18)24(30,31)32)4-14(25)10-38-3-2-12-5-16(17(26)6-15(12)22(38)40)20-33-7-13(8-34-20)23(27,28)29/h5-9,11,14H,2-4,10H2,1H3,(H2,36,37,39)/t11-,14+/m0/s1. The number of amides is 1. The minimum absolute atomic E-state index is 0.0310. The highest BCUT2D eigenvalue weighted by Gasteiger charge is 2.38. The first-order valence-corrected chi connectivity index (χ1v) is 11.7. The van der Waals surface area contributed by atoms with Crippen LogP contribution in [0, 0.1) is 5.82 Å². The molecule has 2 N–H and O–H groups in total. The predicted molar refractivity (Wildman–Crippen MR) is 124 cm³/mol. The average molecular weight is 576 g/mol. The SMILES string of the molecule is C[C@@H](C[C@@H](F)CN1CCc2cc(-c3ncc(C(F)(F)F)cn3)c(F)cc2C1=O)Nc1cn[nH]c(=O)c1C(F)(F)F. The van der Waals surface area contributed by atoms with Crippen LogP contribution < -0.4 is 10.9 Å². The number of rotatable bonds is 7. The average Bonchev–Trinajstić information content (AvgIpc) is 2.84. The van der Waals surface area contributed by atoms with Gasteiger partial charge in [0.05, 0.1) is 29.6 Å². The van der Waals surface area contributed by atoms with Crippen LogP contribution in [-0.4, -0.2) is 56.3 Å². The number of carbonyl (C=O) groups is 1. The van der Waals surface area contributed by atoms with Crippen molar-refractivity contribution < 1.29 is 39.9 Å². The summed E-state index contributed by atoms with van der Waals surface area (Å²) in [6.45, 7) is 0.986. The van der Waals surface area contributed by atoms with Gasteiger partial charge in [-0.1, -0.05) is 0 Å². The van der Waals surface area contributed by atoms with E-state index in [0.29, 0.717) is 18.0 Å². The van der Waals surface area contributed by atoms with Crippen LogP contribution in [0.2, 0.25) is 0 Å². The fourth-order valence-electron chi connectivity index (χ4n) is 4.32. The maximum absolute atomic E-state index is 14.9. The Kier molecular flexibility index (Phi) is 7.81. The molecule has 1 aromatic carbocycles. The zero-order valence-corrected chi connectivity index (χ0v) is 20.5. The number of hydrogen-bond acceptors (Lipinski definition) is 6. The number of benzene rings is 1. The van der Waals surface area contributed by atoms with E-state index in [2.05, 4.69) is 20.4 Å². The van der Waals surface area contributed by atoms with E-state index in [0.717, 1.165) is 17.2 Å². The molecule has 0 aliphatic carbocycles. The zero-order chi connectivity index (χ0) is 29.4. The third-order valence-corrected chi connectivity index (χ3v) is 6.15. The molecule has 214 valence electrons. The molecule has 0 spiro atoms. The fourth-order valence-corrected chi connectivity index (χ4v) is 4.32. The van der Waals surface area contributed by atoms with Gasteiger partial charge in [0.2, 0.25) is 0 Å². The smallest absolute Gasteiger partial charge is 0.381 e. The van der Waals surface area contributed by atoms with Gasteiger partial charge in [-0.15, -0.1) is 0 Å². The molecule has 0 saturated heterocycles. The van der Waals surface area contributed by atoms with Crippen molar-refractivity contribution in [1.29, 1.82) is 0 Å². The minimum atomic E-state index is -4.98. The number of H-pyrrole nitrogens is 1. The number of alkyl halides is 7. The second-order valence-electron chi connectivity index (χ2n) is 9.15. The Morgan fingerprint density at radius 3 is 2.33 bits per heavy atom. The summed E-state index contributed by atoms with van der Waals surface area (Å²) in [7, 11) is 0. The van der Waals surface area contributed by atoms with Crippen LogP contribution in [0.5, 0.6) is 0 Å². The summed E-state index contributed by atoms with van der Waals surface area (Å²) in [5.74, 6) is -1.96. The lowest BCUT2D eigenvalue weighted by molar-refractivity contribution is -0.139. The highest BCUT2D eigenvalue weighted by molar-refractivity contribution is 5.97. The molecular formula is C24H20F8N6O2. The van der Waals surface area contributed by atoms with Gasteiger partial charge in [0.15, 0.2) is 5.82 Å². The predicted octanol–water partition coefficient (Wildman–Crippen LogP) is 4.63. The van der Waals surface area contributed by atoms with Crippen molar-refractivity contribution in [3.8, 4) is 11.4 Å². The molecule has 8 nitrogen and oxygen atoms in total. The third-order valence-electron chi connectivity index (χ3n) is 6.15. The summed E-state index contributed by atoms with van der Waals surface area (Å²) < 4.78 is 108. The normalized spacial score (nSPS) is 15.5. The van der Waals surface area contributed by atoms with E-state index in [4.69, 9.17) is 0 Å². The number of halogens is 8. The summed E-state index contributed by atoms with van der Waals surface area (Å²) in [6, 6.07) is 1.25. The largest absolute Gasteiger partial charge is 0.423 e. The molecular weight excluding hydrogens is 556 g/mol. The topological polar surface area (TPSA) is 104 Å². The van der Waals surface area contributed by atoms with Gasteiger partial charge in [0.25, 0.3) is 11.5 Å². The van der Waals surface area contributed by atoms with E-state index in [1.165, 1.54) is 13.0 Å². The molecule has 1 amide bonds. The van der Waals surface area contributed by atoms with Crippen molar-refractivity contribution in [3.63, 3.8) is 0 Å². The Labute approximate surface area is 220 Å². The molecule has 3 aromatic rings. The lowest BCUT2D eigenvalue weighted by Gasteiger charge is -2.30. The quantitative estimate of drug-likeness (QED) is 0.398. The van der Waals surface area contributed by atoms with Gasteiger partial charge in [0.1, 0.15) is 17.6 Å². The van der Waals surface area contributed by atoms with Crippen LogP contribution >= 0.6 is 0 Å². The van der Waals surface area contributed by atoms with Crippen molar-refractivity contribution in [3.05, 3.63) is 69.1 Å². The van der Waals surface area contributed by atoms with Crippen molar-refractivity contribution in [2.75, 3.05) is 18.4 Å². The molecule has 4 rings (SSSR count). The van der Waals surface area contributed by atoms with Gasteiger partial charge >= 0.3 is 12.4 Å². The van der Waals surface area contributed by atoms with Crippen LogP contribution in [0.3, 0.4) is 0 Å². The van der Waals surface area contributed by atoms with E-state index in [1.54, 1.807) is 5.10 Å². The molecule has 16 heteroatoms. The molecule has 0 fully saturated rings. The monoisotopic (exact) mass is 576 g/mol. The van der Waals surface area contributed by atoms with Crippen molar-refractivity contribution in [2.24, 2.45) is 0 Å². The van der Waals surface area contributed by atoms with E-state index < -0.39 is 65.2 Å². The summed E-state index contributed by atoms with van der Waals surface area (Å²) in [5, 5.41) is 7.45. The number of fused-ring (bicyclic) bond motifs is 1. The van der Waals surface area contributed by atoms with Crippen LogP contribution in [0.4, 0.5) is 40.8 Å². The molecule has 2 atom stereocenters. The Balaban J connectivity index is 1.43. The van der Waals surface area contributed by atoms with Gasteiger partial charge in [0, 0.05) is 37.0 Å². The second kappa shape index (κ2) is 10.8. The number of nitrogens with one attached hydrogen (secondary N) is 2. The molecule has 1 aliphatic heterocycles. The van der Waals surface area contributed by atoms with Gasteiger partial charge in [-0.25, -0.2) is 23.8 Å². The van der Waals surface area contributed by atoms with E-state index >= 15 is 0 Å². The molecule has 2 aromatic heterocycles. The van der Waals surface area contributed by atoms with E-state index in [1.807, 2.05) is 0 Å². The Hall–Kier alpha value is -4.11. The fraction of sp³-hybridized carbons (Fsp3) is 0.375. The summed E-state index contributed by atoms with van der Waals surface area (Å²) in [4.78, 5) is 32.8. The molecule has 40 heavy (non-hydrogen) atoms. The molecule has 0 bridgehead atoms. The number of aromatic amines is 1. The second-order valence-corrected chi connectivity index (χ2v) is 9.15. The van der Waals surface area contributed by atoms with Crippen LogP contribution in [-0.2, 0) is 18.8 Å². The summed E-state index contributed by atoms with van der Waals surface area (Å²) in [6.07, 6.45) is -9.71. The number of anilines is 1. The first-order valence-electron chi connectivity index (χ1n) is 11.7. The molecule has 0 unspecified atom stereocenters. The highest BCUT2D eigenvalue weighted by Crippen LogP contribution is 2.33. The first kappa shape index (κ1) is 28.9. The minimum Gasteiger partial charge on any atom is -0.381 e. The van der Waals surface area contributed by atoms with Crippen molar-refractivity contribution in [1.82, 2.24) is 25.1 Å². The zero-order valence-electron chi connectivity index (χ0n) is 20.5. The first-order chi connectivity index (χ1) is 18.6. The lowest BCUT2D eigenvalue weighted by Crippen LogP contribution is -2.42. The maximum atomic E-state index is 14.9. The molecule has 1 aliphatic rings. The van der Waals surface area contributed by atoms with Gasteiger partial charge in [-0.2, -0.15) is 31.4 Å². The van der Waals surface area contributed by atoms with Crippen molar-refractivity contribution in [2.45, 2.75) is 44.3 Å². The molecule has 3 heterocycles. The maximum Gasteiger partial charge on any atom is 0.423 e. The molecule has 0 saturated carbocycles. The Morgan fingerprint density at radius 1 is 1.02 bits per heavy atom. The Bertz CT molecular complexity index is 1460. The lowest BCUT2D eigenvalue weighted by atomic mass is 9.95. The summed E-state index contributed by atoms with van der Waals surface area (Å²) in [5.41, 5.74) is -4.60. The van der Waals surface area contributed by atoms with E-state index in [-0.39, 0.29) is 36.3 Å². The number of aromatic nitrogens is 4. The summed E-state index contributed by atoms with van der Waals surface area (Å²) >= 11 is 0.